The first-order valence-electron chi connectivity index (χ1n) is 6.43. The highest BCUT2D eigenvalue weighted by Gasteiger charge is 2.13. The molecule has 1 N–H and O–H groups in total. The van der Waals surface area contributed by atoms with Crippen molar-refractivity contribution in [2.45, 2.75) is 26.5 Å². The van der Waals surface area contributed by atoms with E-state index < -0.39 is 6.10 Å². The lowest BCUT2D eigenvalue weighted by atomic mass is 10.0. The van der Waals surface area contributed by atoms with Gasteiger partial charge in [0.25, 0.3) is 0 Å². The first kappa shape index (κ1) is 13.4. The second-order valence-corrected chi connectivity index (χ2v) is 5.07. The van der Waals surface area contributed by atoms with Gasteiger partial charge in [-0.2, -0.15) is 5.26 Å². The van der Waals surface area contributed by atoms with Gasteiger partial charge in [-0.3, -0.25) is 0 Å². The molecule has 1 heterocycles. The maximum absolute atomic E-state index is 10.0. The van der Waals surface area contributed by atoms with Gasteiger partial charge in [0, 0.05) is 18.9 Å². The Bertz CT molecular complexity index is 593. The number of aromatic nitrogens is 1. The number of nitrogens with zero attached hydrogens (tertiary/aromatic N) is 2. The summed E-state index contributed by atoms with van der Waals surface area (Å²) in [6, 6.07) is 11.7. The average Bonchev–Trinajstić information content (AvgIpc) is 2.87. The van der Waals surface area contributed by atoms with E-state index in [9.17, 15) is 5.11 Å². The average molecular weight is 254 g/mol. The summed E-state index contributed by atoms with van der Waals surface area (Å²) in [5, 5.41) is 19.1. The Balaban J connectivity index is 2.19. The summed E-state index contributed by atoms with van der Waals surface area (Å²) >= 11 is 0. The SMILES string of the molecule is CC(C)C(O)c1ccn(Cc2ccccc2C#N)c1. The molecule has 0 aliphatic rings. The molecular weight excluding hydrogens is 236 g/mol. The molecule has 98 valence electrons. The molecule has 0 aliphatic heterocycles. The zero-order valence-electron chi connectivity index (χ0n) is 11.2. The van der Waals surface area contributed by atoms with E-state index in [1.54, 1.807) is 0 Å². The number of benzene rings is 1. The Hall–Kier alpha value is -2.05. The molecule has 19 heavy (non-hydrogen) atoms. The number of hydrogen-bond acceptors (Lipinski definition) is 2. The van der Waals surface area contributed by atoms with Gasteiger partial charge < -0.3 is 9.67 Å². The van der Waals surface area contributed by atoms with Gasteiger partial charge in [0.2, 0.25) is 0 Å². The Morgan fingerprint density at radius 1 is 1.26 bits per heavy atom. The highest BCUT2D eigenvalue weighted by atomic mass is 16.3. The molecule has 1 atom stereocenters. The molecule has 0 bridgehead atoms. The van der Waals surface area contributed by atoms with E-state index >= 15 is 0 Å². The molecule has 0 fully saturated rings. The lowest BCUT2D eigenvalue weighted by molar-refractivity contribution is 0.127. The third kappa shape index (κ3) is 3.04. The van der Waals surface area contributed by atoms with Crippen LogP contribution in [0.1, 0.15) is 36.6 Å². The van der Waals surface area contributed by atoms with Crippen molar-refractivity contribution < 1.29 is 5.11 Å². The third-order valence-electron chi connectivity index (χ3n) is 3.24. The summed E-state index contributed by atoms with van der Waals surface area (Å²) in [5.41, 5.74) is 2.61. The van der Waals surface area contributed by atoms with E-state index in [2.05, 4.69) is 6.07 Å². The molecule has 0 saturated carbocycles. The zero-order valence-corrected chi connectivity index (χ0v) is 11.2. The normalized spacial score (nSPS) is 12.4. The van der Waals surface area contributed by atoms with Crippen molar-refractivity contribution in [3.05, 3.63) is 59.4 Å². The van der Waals surface area contributed by atoms with Crippen LogP contribution in [0, 0.1) is 17.2 Å². The number of nitriles is 1. The second kappa shape index (κ2) is 5.73. The van der Waals surface area contributed by atoms with Crippen molar-refractivity contribution in [1.29, 1.82) is 5.26 Å². The lowest BCUT2D eigenvalue weighted by Crippen LogP contribution is -2.04. The van der Waals surface area contributed by atoms with Crippen LogP contribution in [-0.2, 0) is 6.54 Å². The standard InChI is InChI=1S/C16H18N2O/c1-12(2)16(19)15-7-8-18(11-15)10-14-6-4-3-5-13(14)9-17/h3-8,11-12,16,19H,10H2,1-2H3. The molecule has 0 radical (unpaired) electrons. The van der Waals surface area contributed by atoms with E-state index in [1.165, 1.54) is 0 Å². The summed E-state index contributed by atoms with van der Waals surface area (Å²) in [6.07, 6.45) is 3.45. The topological polar surface area (TPSA) is 49.0 Å². The number of rotatable bonds is 4. The van der Waals surface area contributed by atoms with Gasteiger partial charge in [0.15, 0.2) is 0 Å². The van der Waals surface area contributed by atoms with Crippen molar-refractivity contribution in [3.63, 3.8) is 0 Å². The molecule has 0 amide bonds. The molecule has 1 aromatic carbocycles. The van der Waals surface area contributed by atoms with E-state index in [-0.39, 0.29) is 5.92 Å². The maximum Gasteiger partial charge on any atom is 0.0995 e. The van der Waals surface area contributed by atoms with Crippen molar-refractivity contribution >= 4 is 0 Å². The minimum absolute atomic E-state index is 0.197. The minimum Gasteiger partial charge on any atom is -0.388 e. The molecule has 1 unspecified atom stereocenters. The van der Waals surface area contributed by atoms with Crippen molar-refractivity contribution in [2.75, 3.05) is 0 Å². The van der Waals surface area contributed by atoms with Crippen LogP contribution in [-0.4, -0.2) is 9.67 Å². The van der Waals surface area contributed by atoms with Gasteiger partial charge in [-0.15, -0.1) is 0 Å². The van der Waals surface area contributed by atoms with E-state index in [0.29, 0.717) is 12.1 Å². The quantitative estimate of drug-likeness (QED) is 0.911. The van der Waals surface area contributed by atoms with Crippen molar-refractivity contribution in [3.8, 4) is 6.07 Å². The molecular formula is C16H18N2O. The van der Waals surface area contributed by atoms with Crippen LogP contribution in [0.4, 0.5) is 0 Å². The number of aliphatic hydroxyl groups excluding tert-OH is 1. The van der Waals surface area contributed by atoms with Crippen LogP contribution in [0.15, 0.2) is 42.7 Å². The molecule has 3 heteroatoms. The molecule has 0 saturated heterocycles. The Morgan fingerprint density at radius 3 is 2.68 bits per heavy atom. The smallest absolute Gasteiger partial charge is 0.0995 e. The molecule has 0 aliphatic carbocycles. The first-order valence-corrected chi connectivity index (χ1v) is 6.43. The fraction of sp³-hybridized carbons (Fsp3) is 0.312. The molecule has 3 nitrogen and oxygen atoms in total. The first-order chi connectivity index (χ1) is 9.11. The molecule has 2 aromatic rings. The van der Waals surface area contributed by atoms with Crippen molar-refractivity contribution in [1.82, 2.24) is 4.57 Å². The monoisotopic (exact) mass is 254 g/mol. The van der Waals surface area contributed by atoms with E-state index in [4.69, 9.17) is 5.26 Å². The summed E-state index contributed by atoms with van der Waals surface area (Å²) in [5.74, 6) is 0.197. The fourth-order valence-corrected chi connectivity index (χ4v) is 2.08. The Kier molecular flexibility index (Phi) is 4.03. The molecule has 2 rings (SSSR count). The summed E-state index contributed by atoms with van der Waals surface area (Å²) in [6.45, 7) is 4.63. The summed E-state index contributed by atoms with van der Waals surface area (Å²) in [7, 11) is 0. The van der Waals surface area contributed by atoms with Crippen LogP contribution in [0.3, 0.4) is 0 Å². The van der Waals surface area contributed by atoms with Crippen LogP contribution in [0.25, 0.3) is 0 Å². The second-order valence-electron chi connectivity index (χ2n) is 5.07. The zero-order chi connectivity index (χ0) is 13.8. The van der Waals surface area contributed by atoms with E-state index in [0.717, 1.165) is 11.1 Å². The minimum atomic E-state index is -0.438. The van der Waals surface area contributed by atoms with Crippen molar-refractivity contribution in [2.24, 2.45) is 5.92 Å². The molecule has 0 spiro atoms. The van der Waals surface area contributed by atoms with E-state index in [1.807, 2.05) is 61.1 Å². The van der Waals surface area contributed by atoms with Gasteiger partial charge in [0.1, 0.15) is 0 Å². The van der Waals surface area contributed by atoms with Gasteiger partial charge in [-0.25, -0.2) is 0 Å². The number of aliphatic hydroxyl groups is 1. The van der Waals surface area contributed by atoms with Crippen LogP contribution in [0.2, 0.25) is 0 Å². The van der Waals surface area contributed by atoms with Gasteiger partial charge in [0.05, 0.1) is 17.7 Å². The highest BCUT2D eigenvalue weighted by Crippen LogP contribution is 2.22. The Labute approximate surface area is 113 Å². The number of hydrogen-bond donors (Lipinski definition) is 1. The maximum atomic E-state index is 10.0. The summed E-state index contributed by atoms with van der Waals surface area (Å²) < 4.78 is 2.00. The summed E-state index contributed by atoms with van der Waals surface area (Å²) in [4.78, 5) is 0. The van der Waals surface area contributed by atoms with Crippen LogP contribution < -0.4 is 0 Å². The largest absolute Gasteiger partial charge is 0.388 e. The highest BCUT2D eigenvalue weighted by molar-refractivity contribution is 5.37. The third-order valence-corrected chi connectivity index (χ3v) is 3.24. The molecule has 1 aromatic heterocycles. The predicted molar refractivity (Wildman–Crippen MR) is 74.5 cm³/mol. The lowest BCUT2D eigenvalue weighted by Gasteiger charge is -2.12. The predicted octanol–water partition coefficient (Wildman–Crippen LogP) is 3.10. The Morgan fingerprint density at radius 2 is 2.00 bits per heavy atom. The van der Waals surface area contributed by atoms with Crippen LogP contribution in [0.5, 0.6) is 0 Å². The fourth-order valence-electron chi connectivity index (χ4n) is 2.08. The van der Waals surface area contributed by atoms with Gasteiger partial charge >= 0.3 is 0 Å². The van der Waals surface area contributed by atoms with Crippen LogP contribution >= 0.6 is 0 Å². The van der Waals surface area contributed by atoms with Gasteiger partial charge in [-0.1, -0.05) is 32.0 Å². The van der Waals surface area contributed by atoms with Gasteiger partial charge in [-0.05, 0) is 29.2 Å².